The molecule has 0 saturated heterocycles. The van der Waals surface area contributed by atoms with E-state index in [-0.39, 0.29) is 5.92 Å². The topological polar surface area (TPSA) is 55.5 Å². The van der Waals surface area contributed by atoms with Gasteiger partial charge in [-0.15, -0.1) is 11.3 Å². The third kappa shape index (κ3) is 3.36. The second kappa shape index (κ2) is 6.52. The molecule has 2 rings (SSSR count). The highest BCUT2D eigenvalue weighted by Gasteiger charge is 2.23. The lowest BCUT2D eigenvalue weighted by Crippen LogP contribution is -2.19. The first-order valence-corrected chi connectivity index (χ1v) is 7.59. The molecule has 5 heteroatoms. The number of hydrogen-bond donors (Lipinski definition) is 2. The van der Waals surface area contributed by atoms with Gasteiger partial charge in [0.05, 0.1) is 13.2 Å². The minimum atomic E-state index is -0.617. The summed E-state index contributed by atoms with van der Waals surface area (Å²) in [6, 6.07) is 9.74. The Bertz CT molecular complexity index is 544. The van der Waals surface area contributed by atoms with Gasteiger partial charge in [0.2, 0.25) is 0 Å². The number of methoxy groups -OCH3 is 1. The van der Waals surface area contributed by atoms with Crippen LogP contribution in [0.4, 0.5) is 0 Å². The van der Waals surface area contributed by atoms with E-state index in [0.717, 1.165) is 20.7 Å². The van der Waals surface area contributed by atoms with Gasteiger partial charge in [-0.3, -0.25) is 0 Å². The monoisotopic (exact) mass is 341 g/mol. The third-order valence-corrected chi connectivity index (χ3v) is 4.51. The summed E-state index contributed by atoms with van der Waals surface area (Å²) >= 11 is 4.92. The van der Waals surface area contributed by atoms with Gasteiger partial charge in [0.1, 0.15) is 5.75 Å². The molecule has 19 heavy (non-hydrogen) atoms. The van der Waals surface area contributed by atoms with Crippen molar-refractivity contribution in [3.8, 4) is 5.75 Å². The molecule has 0 saturated carbocycles. The highest BCUT2D eigenvalue weighted by molar-refractivity contribution is 9.10. The smallest absolute Gasteiger partial charge is 0.129 e. The summed E-state index contributed by atoms with van der Waals surface area (Å²) in [6.07, 6.45) is -0.617. The lowest BCUT2D eigenvalue weighted by molar-refractivity contribution is 0.151. The molecule has 0 amide bonds. The lowest BCUT2D eigenvalue weighted by Gasteiger charge is -2.21. The fourth-order valence-corrected chi connectivity index (χ4v) is 3.30. The molecule has 2 atom stereocenters. The average molecular weight is 342 g/mol. The van der Waals surface area contributed by atoms with Crippen LogP contribution in [0.2, 0.25) is 0 Å². The predicted octanol–water partition coefficient (Wildman–Crippen LogP) is 3.30. The Labute approximate surface area is 125 Å². The molecule has 0 radical (unpaired) electrons. The largest absolute Gasteiger partial charge is 0.496 e. The number of nitrogens with two attached hydrogens (primary N) is 1. The van der Waals surface area contributed by atoms with Crippen molar-refractivity contribution < 1.29 is 9.84 Å². The Morgan fingerprint density at radius 2 is 2.21 bits per heavy atom. The van der Waals surface area contributed by atoms with Crippen LogP contribution in [0.5, 0.6) is 5.75 Å². The lowest BCUT2D eigenvalue weighted by atomic mass is 9.92. The molecule has 0 aliphatic heterocycles. The van der Waals surface area contributed by atoms with Crippen LogP contribution >= 0.6 is 27.3 Å². The molecular weight excluding hydrogens is 326 g/mol. The molecule has 0 fully saturated rings. The van der Waals surface area contributed by atoms with Crippen LogP contribution < -0.4 is 10.5 Å². The summed E-state index contributed by atoms with van der Waals surface area (Å²) in [4.78, 5) is 0.868. The van der Waals surface area contributed by atoms with Crippen LogP contribution in [-0.4, -0.2) is 18.8 Å². The number of hydrogen-bond acceptors (Lipinski definition) is 4. The van der Waals surface area contributed by atoms with Crippen molar-refractivity contribution in [3.63, 3.8) is 0 Å². The highest BCUT2D eigenvalue weighted by Crippen LogP contribution is 2.36. The van der Waals surface area contributed by atoms with Gasteiger partial charge in [-0.2, -0.15) is 0 Å². The zero-order valence-corrected chi connectivity index (χ0v) is 12.9. The second-order valence-corrected chi connectivity index (χ2v) is 6.09. The molecule has 1 aromatic heterocycles. The number of rotatable bonds is 5. The molecule has 3 nitrogen and oxygen atoms in total. The number of ether oxygens (including phenoxy) is 1. The average Bonchev–Trinajstić information content (AvgIpc) is 2.88. The van der Waals surface area contributed by atoms with Crippen LogP contribution in [0.25, 0.3) is 0 Å². The molecular formula is C14H16BrNO2S. The van der Waals surface area contributed by atoms with Gasteiger partial charge in [0.25, 0.3) is 0 Å². The Kier molecular flexibility index (Phi) is 4.99. The molecule has 102 valence electrons. The number of halogens is 1. The van der Waals surface area contributed by atoms with E-state index >= 15 is 0 Å². The van der Waals surface area contributed by atoms with E-state index in [0.29, 0.717) is 6.54 Å². The minimum Gasteiger partial charge on any atom is -0.496 e. The molecule has 0 aliphatic rings. The van der Waals surface area contributed by atoms with E-state index in [1.165, 1.54) is 11.3 Å². The first-order valence-electron chi connectivity index (χ1n) is 5.91. The summed E-state index contributed by atoms with van der Waals surface area (Å²) < 4.78 is 6.13. The van der Waals surface area contributed by atoms with Gasteiger partial charge in [0.15, 0.2) is 0 Å². The molecule has 2 aromatic rings. The van der Waals surface area contributed by atoms with E-state index in [1.54, 1.807) is 7.11 Å². The summed E-state index contributed by atoms with van der Waals surface area (Å²) in [7, 11) is 1.62. The van der Waals surface area contributed by atoms with E-state index in [9.17, 15) is 5.11 Å². The normalized spacial score (nSPS) is 14.1. The van der Waals surface area contributed by atoms with Crippen LogP contribution in [0.15, 0.2) is 40.2 Å². The Morgan fingerprint density at radius 3 is 2.79 bits per heavy atom. The van der Waals surface area contributed by atoms with Crippen molar-refractivity contribution in [2.45, 2.75) is 12.0 Å². The summed E-state index contributed by atoms with van der Waals surface area (Å²) in [5.41, 5.74) is 6.86. The Morgan fingerprint density at radius 1 is 1.42 bits per heavy atom. The quantitative estimate of drug-likeness (QED) is 0.877. The second-order valence-electron chi connectivity index (χ2n) is 4.23. The molecule has 3 N–H and O–H groups in total. The van der Waals surface area contributed by atoms with Gasteiger partial charge in [0, 0.05) is 27.2 Å². The van der Waals surface area contributed by atoms with Crippen molar-refractivity contribution in [2.24, 2.45) is 5.73 Å². The molecule has 1 heterocycles. The number of aliphatic hydroxyl groups is 1. The first-order chi connectivity index (χ1) is 9.15. The Balaban J connectivity index is 2.26. The van der Waals surface area contributed by atoms with E-state index in [2.05, 4.69) is 15.9 Å². The van der Waals surface area contributed by atoms with Crippen molar-refractivity contribution in [3.05, 3.63) is 50.6 Å². The summed E-state index contributed by atoms with van der Waals surface area (Å²) in [5.74, 6) is 0.643. The summed E-state index contributed by atoms with van der Waals surface area (Å²) in [5, 5.41) is 12.4. The molecule has 0 aliphatic carbocycles. The number of aliphatic hydroxyl groups excluding tert-OH is 1. The van der Waals surface area contributed by atoms with Crippen LogP contribution in [0, 0.1) is 0 Å². The van der Waals surface area contributed by atoms with Crippen molar-refractivity contribution >= 4 is 27.3 Å². The standard InChI is InChI=1S/C14H16BrNO2S/c1-18-11-6-13(19-8-11)14(17)12(7-16)9-3-2-4-10(15)5-9/h2-6,8,12,14,17H,7,16H2,1H3. The van der Waals surface area contributed by atoms with Crippen molar-refractivity contribution in [2.75, 3.05) is 13.7 Å². The van der Waals surface area contributed by atoms with E-state index < -0.39 is 6.10 Å². The SMILES string of the molecule is COc1csc(C(O)C(CN)c2cccc(Br)c2)c1. The van der Waals surface area contributed by atoms with E-state index in [1.807, 2.05) is 35.7 Å². The first kappa shape index (κ1) is 14.5. The van der Waals surface area contributed by atoms with Crippen molar-refractivity contribution in [1.29, 1.82) is 0 Å². The molecule has 2 unspecified atom stereocenters. The number of thiophene rings is 1. The minimum absolute atomic E-state index is 0.124. The molecule has 0 bridgehead atoms. The molecule has 0 spiro atoms. The van der Waals surface area contributed by atoms with Crippen LogP contribution in [0.1, 0.15) is 22.5 Å². The maximum atomic E-state index is 10.5. The zero-order valence-electron chi connectivity index (χ0n) is 10.5. The van der Waals surface area contributed by atoms with Gasteiger partial charge < -0.3 is 15.6 Å². The van der Waals surface area contributed by atoms with Gasteiger partial charge in [-0.05, 0) is 23.8 Å². The fourth-order valence-electron chi connectivity index (χ4n) is 1.98. The maximum Gasteiger partial charge on any atom is 0.129 e. The van der Waals surface area contributed by atoms with Crippen LogP contribution in [0.3, 0.4) is 0 Å². The predicted molar refractivity (Wildman–Crippen MR) is 81.8 cm³/mol. The van der Waals surface area contributed by atoms with E-state index in [4.69, 9.17) is 10.5 Å². The third-order valence-electron chi connectivity index (χ3n) is 3.03. The number of benzene rings is 1. The highest BCUT2D eigenvalue weighted by atomic mass is 79.9. The zero-order chi connectivity index (χ0) is 13.8. The maximum absolute atomic E-state index is 10.5. The molecule has 1 aromatic carbocycles. The Hall–Kier alpha value is -0.880. The van der Waals surface area contributed by atoms with Gasteiger partial charge in [-0.1, -0.05) is 28.1 Å². The van der Waals surface area contributed by atoms with Crippen molar-refractivity contribution in [1.82, 2.24) is 0 Å². The van der Waals surface area contributed by atoms with Gasteiger partial charge >= 0.3 is 0 Å². The summed E-state index contributed by atoms with van der Waals surface area (Å²) in [6.45, 7) is 0.387. The van der Waals surface area contributed by atoms with Gasteiger partial charge in [-0.25, -0.2) is 0 Å². The van der Waals surface area contributed by atoms with Crippen LogP contribution in [-0.2, 0) is 0 Å². The fraction of sp³-hybridized carbons (Fsp3) is 0.286.